The number of nitrogens with two attached hydrogens (primary N) is 2. The predicted molar refractivity (Wildman–Crippen MR) is 68.3 cm³/mol. The first-order chi connectivity index (χ1) is 11.1. The average molecular weight is 346 g/mol. The molecule has 2 aromatic carbocycles. The van der Waals surface area contributed by atoms with Crippen molar-refractivity contribution in [3.05, 3.63) is 57.2 Å². The number of fused-ring (bicyclic) bond motifs is 2. The van der Waals surface area contributed by atoms with E-state index in [1.165, 1.54) is 0 Å². The van der Waals surface area contributed by atoms with Crippen LogP contribution in [0.15, 0.2) is 0 Å². The Labute approximate surface area is 128 Å². The van der Waals surface area contributed by atoms with Crippen molar-refractivity contribution < 1.29 is 35.9 Å². The summed E-state index contributed by atoms with van der Waals surface area (Å²) in [5.74, 6) is -15.2. The molecular formula is C14H4F6N2O2. The molecule has 0 atom stereocenters. The van der Waals surface area contributed by atoms with Crippen LogP contribution in [0.2, 0.25) is 0 Å². The number of benzene rings is 2. The fourth-order valence-electron chi connectivity index (χ4n) is 2.46. The number of carbonyl (C=O) groups excluding carboxylic acids is 2. The van der Waals surface area contributed by atoms with E-state index < -0.39 is 80.1 Å². The van der Waals surface area contributed by atoms with Gasteiger partial charge >= 0.3 is 0 Å². The smallest absolute Gasteiger partial charge is 0.200 e. The quantitative estimate of drug-likeness (QED) is 0.372. The number of rotatable bonds is 0. The summed E-state index contributed by atoms with van der Waals surface area (Å²) >= 11 is 0. The van der Waals surface area contributed by atoms with Gasteiger partial charge in [-0.2, -0.15) is 0 Å². The van der Waals surface area contributed by atoms with Crippen LogP contribution < -0.4 is 11.5 Å². The summed E-state index contributed by atoms with van der Waals surface area (Å²) in [6, 6.07) is 0. The molecule has 4 N–H and O–H groups in total. The molecule has 0 heterocycles. The van der Waals surface area contributed by atoms with Crippen LogP contribution in [-0.2, 0) is 0 Å². The molecule has 3 rings (SSSR count). The Morgan fingerprint density at radius 1 is 0.458 bits per heavy atom. The van der Waals surface area contributed by atoms with Crippen molar-refractivity contribution in [1.29, 1.82) is 0 Å². The molecule has 124 valence electrons. The van der Waals surface area contributed by atoms with Crippen molar-refractivity contribution in [2.75, 3.05) is 11.5 Å². The Hall–Kier alpha value is -3.04. The van der Waals surface area contributed by atoms with Gasteiger partial charge in [-0.3, -0.25) is 9.59 Å². The summed E-state index contributed by atoms with van der Waals surface area (Å²) in [7, 11) is 0. The van der Waals surface area contributed by atoms with Crippen molar-refractivity contribution in [3.63, 3.8) is 0 Å². The Balaban J connectivity index is 2.53. The number of halogens is 6. The topological polar surface area (TPSA) is 86.2 Å². The SMILES string of the molecule is Nc1c(F)c(F)c2c(c1F)C(=O)c1c(F)c(F)c(N)c(F)c1C2=O. The molecule has 2 aromatic rings. The second kappa shape index (κ2) is 4.73. The lowest BCUT2D eigenvalue weighted by atomic mass is 9.82. The Morgan fingerprint density at radius 3 is 1.00 bits per heavy atom. The highest BCUT2D eigenvalue weighted by Gasteiger charge is 2.43. The highest BCUT2D eigenvalue weighted by Crippen LogP contribution is 2.39. The van der Waals surface area contributed by atoms with E-state index in [1.54, 1.807) is 0 Å². The van der Waals surface area contributed by atoms with Gasteiger partial charge in [-0.25, -0.2) is 26.3 Å². The van der Waals surface area contributed by atoms with Gasteiger partial charge in [-0.1, -0.05) is 0 Å². The molecule has 24 heavy (non-hydrogen) atoms. The number of hydrogen-bond donors (Lipinski definition) is 2. The van der Waals surface area contributed by atoms with Gasteiger partial charge in [0.25, 0.3) is 0 Å². The number of nitrogen functional groups attached to an aromatic ring is 2. The van der Waals surface area contributed by atoms with Gasteiger partial charge in [0.05, 0.1) is 22.3 Å². The zero-order chi connectivity index (χ0) is 18.1. The number of carbonyl (C=O) groups is 2. The fraction of sp³-hybridized carbons (Fsp3) is 0. The van der Waals surface area contributed by atoms with E-state index in [2.05, 4.69) is 0 Å². The van der Waals surface area contributed by atoms with Gasteiger partial charge in [0.1, 0.15) is 11.4 Å². The molecular weight excluding hydrogens is 342 g/mol. The van der Waals surface area contributed by atoms with Crippen LogP contribution in [0.1, 0.15) is 31.8 Å². The van der Waals surface area contributed by atoms with Crippen LogP contribution in [0, 0.1) is 34.9 Å². The highest BCUT2D eigenvalue weighted by molar-refractivity contribution is 6.29. The normalized spacial score (nSPS) is 13.1. The summed E-state index contributed by atoms with van der Waals surface area (Å²) in [4.78, 5) is 24.4. The molecule has 10 heteroatoms. The lowest BCUT2D eigenvalue weighted by Crippen LogP contribution is -2.29. The summed E-state index contributed by atoms with van der Waals surface area (Å²) in [6.45, 7) is 0. The van der Waals surface area contributed by atoms with Crippen LogP contribution >= 0.6 is 0 Å². The van der Waals surface area contributed by atoms with Crippen LogP contribution in [-0.4, -0.2) is 11.6 Å². The minimum atomic E-state index is -2.02. The third-order valence-corrected chi connectivity index (χ3v) is 3.62. The fourth-order valence-corrected chi connectivity index (χ4v) is 2.46. The number of anilines is 2. The van der Waals surface area contributed by atoms with Crippen molar-refractivity contribution in [2.24, 2.45) is 0 Å². The molecule has 0 saturated heterocycles. The zero-order valence-corrected chi connectivity index (χ0v) is 11.2. The molecule has 0 bridgehead atoms. The van der Waals surface area contributed by atoms with Crippen LogP contribution in [0.3, 0.4) is 0 Å². The van der Waals surface area contributed by atoms with E-state index in [1.807, 2.05) is 0 Å². The lowest BCUT2D eigenvalue weighted by molar-refractivity contribution is 0.0963. The monoisotopic (exact) mass is 346 g/mol. The van der Waals surface area contributed by atoms with Crippen LogP contribution in [0.4, 0.5) is 37.7 Å². The van der Waals surface area contributed by atoms with Crippen molar-refractivity contribution in [1.82, 2.24) is 0 Å². The Kier molecular flexibility index (Phi) is 3.12. The maximum absolute atomic E-state index is 14.0. The second-order valence-electron chi connectivity index (χ2n) is 4.87. The third kappa shape index (κ3) is 1.65. The first-order valence-electron chi connectivity index (χ1n) is 6.12. The minimum absolute atomic E-state index is 1.41. The summed E-state index contributed by atoms with van der Waals surface area (Å²) < 4.78 is 83.0. The standard InChI is InChI=1S/C14H4F6N2O2/c15-5-1-3(7(17)11(21)9(5)19)14(24)2-4(13(1)23)8(18)12(22)10(20)6(2)16/h21-22H2. The number of hydrogen-bond acceptors (Lipinski definition) is 4. The average Bonchev–Trinajstić information content (AvgIpc) is 2.55. The van der Waals surface area contributed by atoms with Crippen molar-refractivity contribution >= 4 is 22.9 Å². The van der Waals surface area contributed by atoms with Crippen LogP contribution in [0.25, 0.3) is 0 Å². The van der Waals surface area contributed by atoms with Gasteiger partial charge in [-0.05, 0) is 0 Å². The van der Waals surface area contributed by atoms with Gasteiger partial charge in [0.2, 0.25) is 11.6 Å². The third-order valence-electron chi connectivity index (χ3n) is 3.62. The van der Waals surface area contributed by atoms with E-state index >= 15 is 0 Å². The molecule has 4 nitrogen and oxygen atoms in total. The molecule has 0 aromatic heterocycles. The molecule has 0 amide bonds. The largest absolute Gasteiger partial charge is 0.394 e. The first-order valence-corrected chi connectivity index (χ1v) is 6.12. The molecule has 0 aliphatic heterocycles. The minimum Gasteiger partial charge on any atom is -0.394 e. The molecule has 0 fully saturated rings. The maximum Gasteiger partial charge on any atom is 0.200 e. The van der Waals surface area contributed by atoms with E-state index in [0.717, 1.165) is 0 Å². The predicted octanol–water partition coefficient (Wildman–Crippen LogP) is 2.46. The van der Waals surface area contributed by atoms with E-state index in [-0.39, 0.29) is 0 Å². The van der Waals surface area contributed by atoms with E-state index in [9.17, 15) is 35.9 Å². The molecule has 0 unspecified atom stereocenters. The van der Waals surface area contributed by atoms with Crippen LogP contribution in [0.5, 0.6) is 0 Å². The summed E-state index contributed by atoms with van der Waals surface area (Å²) in [6.07, 6.45) is 0. The zero-order valence-electron chi connectivity index (χ0n) is 11.2. The first kappa shape index (κ1) is 15.8. The highest BCUT2D eigenvalue weighted by atomic mass is 19.2. The number of ketones is 2. The van der Waals surface area contributed by atoms with Crippen molar-refractivity contribution in [2.45, 2.75) is 0 Å². The molecule has 1 aliphatic carbocycles. The Morgan fingerprint density at radius 2 is 0.708 bits per heavy atom. The second-order valence-corrected chi connectivity index (χ2v) is 4.87. The van der Waals surface area contributed by atoms with Gasteiger partial charge < -0.3 is 11.5 Å². The van der Waals surface area contributed by atoms with Crippen molar-refractivity contribution in [3.8, 4) is 0 Å². The van der Waals surface area contributed by atoms with Gasteiger partial charge in [0, 0.05) is 0 Å². The molecule has 1 aliphatic rings. The van der Waals surface area contributed by atoms with E-state index in [0.29, 0.717) is 0 Å². The van der Waals surface area contributed by atoms with E-state index in [4.69, 9.17) is 11.5 Å². The van der Waals surface area contributed by atoms with Gasteiger partial charge in [0.15, 0.2) is 34.9 Å². The maximum atomic E-state index is 14.0. The van der Waals surface area contributed by atoms with Gasteiger partial charge in [-0.15, -0.1) is 0 Å². The summed E-state index contributed by atoms with van der Waals surface area (Å²) in [5.41, 5.74) is 1.24. The Bertz CT molecular complexity index is 833. The lowest BCUT2D eigenvalue weighted by Gasteiger charge is -2.21. The molecule has 0 saturated carbocycles. The molecule has 0 spiro atoms. The molecule has 0 radical (unpaired) electrons. The summed E-state index contributed by atoms with van der Waals surface area (Å²) in [5, 5.41) is 0.